The van der Waals surface area contributed by atoms with Crippen molar-refractivity contribution in [3.63, 3.8) is 0 Å². The van der Waals surface area contributed by atoms with Crippen molar-refractivity contribution in [1.82, 2.24) is 15.1 Å². The zero-order chi connectivity index (χ0) is 28.2. The number of halogens is 1. The van der Waals surface area contributed by atoms with E-state index in [-0.39, 0.29) is 11.9 Å². The van der Waals surface area contributed by atoms with Crippen LogP contribution in [0.25, 0.3) is 11.3 Å². The van der Waals surface area contributed by atoms with Gasteiger partial charge in [0.25, 0.3) is 5.91 Å². The Morgan fingerprint density at radius 3 is 2.30 bits per heavy atom. The highest BCUT2D eigenvalue weighted by Gasteiger charge is 2.42. The second kappa shape index (κ2) is 11.9. The van der Waals surface area contributed by atoms with E-state index in [0.29, 0.717) is 59.0 Å². The summed E-state index contributed by atoms with van der Waals surface area (Å²) in [6.45, 7) is 3.11. The van der Waals surface area contributed by atoms with Crippen molar-refractivity contribution in [3.05, 3.63) is 88.1 Å². The summed E-state index contributed by atoms with van der Waals surface area (Å²) in [5.74, 6) is 2.48. The van der Waals surface area contributed by atoms with Crippen molar-refractivity contribution in [1.29, 1.82) is 0 Å². The quantitative estimate of drug-likeness (QED) is 0.230. The summed E-state index contributed by atoms with van der Waals surface area (Å²) in [6, 6.07) is 18.7. The third-order valence-electron chi connectivity index (χ3n) is 7.04. The molecule has 1 aliphatic rings. The molecule has 1 N–H and O–H groups in total. The van der Waals surface area contributed by atoms with Crippen molar-refractivity contribution in [2.75, 3.05) is 34.5 Å². The summed E-state index contributed by atoms with van der Waals surface area (Å²) >= 11 is 6.15. The summed E-state index contributed by atoms with van der Waals surface area (Å²) in [6.07, 6.45) is 1.50. The summed E-state index contributed by atoms with van der Waals surface area (Å²) in [4.78, 5) is 15.7. The summed E-state index contributed by atoms with van der Waals surface area (Å²) in [5.41, 5.74) is 4.81. The Kier molecular flexibility index (Phi) is 8.16. The van der Waals surface area contributed by atoms with Gasteiger partial charge in [-0.05, 0) is 60.4 Å². The number of hydrogen-bond donors (Lipinski definition) is 1. The second-order valence-electron chi connectivity index (χ2n) is 9.47. The molecule has 0 saturated heterocycles. The number of rotatable bonds is 11. The van der Waals surface area contributed by atoms with Crippen LogP contribution in [-0.2, 0) is 6.42 Å². The Hall–Kier alpha value is -4.17. The Balaban J connectivity index is 1.55. The van der Waals surface area contributed by atoms with Crippen LogP contribution in [0.15, 0.2) is 60.7 Å². The molecule has 1 atom stereocenters. The number of fused-ring (bicyclic) bond motifs is 1. The molecule has 0 aliphatic carbocycles. The monoisotopic (exact) mass is 561 g/mol. The van der Waals surface area contributed by atoms with E-state index in [1.165, 1.54) is 0 Å². The molecule has 8 nitrogen and oxygen atoms in total. The minimum absolute atomic E-state index is 0.113. The van der Waals surface area contributed by atoms with Gasteiger partial charge in [0.05, 0.1) is 39.7 Å². The fraction of sp³-hybridized carbons (Fsp3) is 0.290. The van der Waals surface area contributed by atoms with E-state index in [1.807, 2.05) is 65.6 Å². The van der Waals surface area contributed by atoms with Crippen LogP contribution in [0.1, 0.15) is 46.6 Å². The fourth-order valence-corrected chi connectivity index (χ4v) is 5.20. The van der Waals surface area contributed by atoms with Gasteiger partial charge >= 0.3 is 0 Å². The van der Waals surface area contributed by atoms with Gasteiger partial charge in [0.1, 0.15) is 5.69 Å². The van der Waals surface area contributed by atoms with Crippen molar-refractivity contribution in [2.45, 2.75) is 25.8 Å². The number of ether oxygens (including phenoxy) is 4. The molecule has 5 rings (SSSR count). The molecule has 1 amide bonds. The third kappa shape index (κ3) is 5.19. The third-order valence-corrected chi connectivity index (χ3v) is 7.29. The highest BCUT2D eigenvalue weighted by molar-refractivity contribution is 6.30. The lowest BCUT2D eigenvalue weighted by Crippen LogP contribution is -2.31. The molecule has 9 heteroatoms. The summed E-state index contributed by atoms with van der Waals surface area (Å²) in [7, 11) is 4.84. The van der Waals surface area contributed by atoms with Gasteiger partial charge in [-0.15, -0.1) is 0 Å². The number of aromatic amines is 1. The summed E-state index contributed by atoms with van der Waals surface area (Å²) in [5, 5.41) is 8.20. The zero-order valence-electron chi connectivity index (χ0n) is 23.0. The first-order valence-corrected chi connectivity index (χ1v) is 13.5. The number of aromatic nitrogens is 2. The van der Waals surface area contributed by atoms with Crippen LogP contribution in [-0.4, -0.2) is 55.5 Å². The molecule has 208 valence electrons. The van der Waals surface area contributed by atoms with Gasteiger partial charge in [-0.25, -0.2) is 0 Å². The predicted molar refractivity (Wildman–Crippen MR) is 154 cm³/mol. The fourth-order valence-electron chi connectivity index (χ4n) is 5.07. The van der Waals surface area contributed by atoms with Crippen LogP contribution in [0, 0.1) is 0 Å². The average Bonchev–Trinajstić information content (AvgIpc) is 3.53. The Morgan fingerprint density at radius 2 is 1.60 bits per heavy atom. The van der Waals surface area contributed by atoms with E-state index in [9.17, 15) is 4.79 Å². The normalized spacial score (nSPS) is 14.3. The number of amides is 1. The van der Waals surface area contributed by atoms with E-state index >= 15 is 0 Å². The average molecular weight is 562 g/mol. The molecule has 3 aromatic carbocycles. The highest BCUT2D eigenvalue weighted by Crippen LogP contribution is 2.45. The number of H-pyrrole nitrogens is 1. The SMILES string of the molecule is CCCOc1ccc(C2c3c(-c4ccc(Cl)cc4)n[nH]c3C(=O)N2CCc2ccc(OC)c(OC)c2)cc1OC. The number of carbonyl (C=O) groups is 1. The van der Waals surface area contributed by atoms with E-state index in [0.717, 1.165) is 28.7 Å². The first-order chi connectivity index (χ1) is 19.5. The largest absolute Gasteiger partial charge is 0.493 e. The van der Waals surface area contributed by atoms with Gasteiger partial charge in [-0.1, -0.05) is 42.8 Å². The van der Waals surface area contributed by atoms with Gasteiger partial charge < -0.3 is 23.8 Å². The Morgan fingerprint density at radius 1 is 0.900 bits per heavy atom. The minimum atomic E-state index is -0.388. The molecule has 0 radical (unpaired) electrons. The number of carbonyl (C=O) groups excluding carboxylic acids is 1. The molecule has 2 heterocycles. The number of methoxy groups -OCH3 is 3. The lowest BCUT2D eigenvalue weighted by molar-refractivity contribution is 0.0745. The number of hydrogen-bond acceptors (Lipinski definition) is 6. The molecule has 1 unspecified atom stereocenters. The highest BCUT2D eigenvalue weighted by atomic mass is 35.5. The van der Waals surface area contributed by atoms with Crippen molar-refractivity contribution in [2.24, 2.45) is 0 Å². The van der Waals surface area contributed by atoms with Gasteiger partial charge in [0.15, 0.2) is 23.0 Å². The maximum absolute atomic E-state index is 13.8. The Bertz CT molecular complexity index is 1500. The number of benzene rings is 3. The molecule has 40 heavy (non-hydrogen) atoms. The van der Waals surface area contributed by atoms with Gasteiger partial charge in [-0.2, -0.15) is 5.10 Å². The molecular formula is C31H32ClN3O5. The molecule has 0 saturated carbocycles. The molecule has 0 spiro atoms. The first-order valence-electron chi connectivity index (χ1n) is 13.2. The van der Waals surface area contributed by atoms with E-state index < -0.39 is 0 Å². The predicted octanol–water partition coefficient (Wildman–Crippen LogP) is 6.33. The number of nitrogens with one attached hydrogen (secondary N) is 1. The van der Waals surface area contributed by atoms with Crippen LogP contribution in [0.5, 0.6) is 23.0 Å². The first kappa shape index (κ1) is 27.4. The molecule has 1 aliphatic heterocycles. The topological polar surface area (TPSA) is 85.9 Å². The van der Waals surface area contributed by atoms with Gasteiger partial charge in [0.2, 0.25) is 0 Å². The molecule has 4 aromatic rings. The lowest BCUT2D eigenvalue weighted by atomic mass is 9.95. The van der Waals surface area contributed by atoms with Crippen LogP contribution in [0.4, 0.5) is 0 Å². The second-order valence-corrected chi connectivity index (χ2v) is 9.90. The van der Waals surface area contributed by atoms with Gasteiger partial charge in [-0.3, -0.25) is 9.89 Å². The minimum Gasteiger partial charge on any atom is -0.493 e. The van der Waals surface area contributed by atoms with Crippen LogP contribution in [0.2, 0.25) is 5.02 Å². The molecule has 0 bridgehead atoms. The van der Waals surface area contributed by atoms with Crippen molar-refractivity contribution in [3.8, 4) is 34.3 Å². The zero-order valence-corrected chi connectivity index (χ0v) is 23.7. The molecular weight excluding hydrogens is 530 g/mol. The van der Waals surface area contributed by atoms with Gasteiger partial charge in [0, 0.05) is 22.7 Å². The number of nitrogens with zero attached hydrogens (tertiary/aromatic N) is 2. The Labute approximate surface area is 238 Å². The molecule has 1 aromatic heterocycles. The maximum Gasteiger partial charge on any atom is 0.273 e. The lowest BCUT2D eigenvalue weighted by Gasteiger charge is -2.27. The van der Waals surface area contributed by atoms with E-state index in [4.69, 9.17) is 30.5 Å². The van der Waals surface area contributed by atoms with Crippen LogP contribution < -0.4 is 18.9 Å². The van der Waals surface area contributed by atoms with Crippen LogP contribution in [0.3, 0.4) is 0 Å². The molecule has 0 fully saturated rings. The van der Waals surface area contributed by atoms with Crippen molar-refractivity contribution >= 4 is 17.5 Å². The van der Waals surface area contributed by atoms with E-state index in [2.05, 4.69) is 17.1 Å². The van der Waals surface area contributed by atoms with E-state index in [1.54, 1.807) is 21.3 Å². The summed E-state index contributed by atoms with van der Waals surface area (Å²) < 4.78 is 22.4. The maximum atomic E-state index is 13.8. The van der Waals surface area contributed by atoms with Crippen LogP contribution >= 0.6 is 11.6 Å². The van der Waals surface area contributed by atoms with Crippen molar-refractivity contribution < 1.29 is 23.7 Å². The smallest absolute Gasteiger partial charge is 0.273 e. The standard InChI is InChI=1S/C31H32ClN3O5/c1-5-16-40-24-13-9-21(18-26(24)39-4)30-27-28(20-7-10-22(32)11-8-20)33-34-29(27)31(36)35(30)15-14-19-6-12-23(37-2)25(17-19)38-3/h6-13,17-18,30H,5,14-16H2,1-4H3,(H,33,34).